The summed E-state index contributed by atoms with van der Waals surface area (Å²) in [6.07, 6.45) is 0.844. The Hall–Kier alpha value is -1.66. The van der Waals surface area contributed by atoms with Gasteiger partial charge in [-0.3, -0.25) is 10.1 Å². The summed E-state index contributed by atoms with van der Waals surface area (Å²) < 4.78 is 23.6. The van der Waals surface area contributed by atoms with Gasteiger partial charge in [0.2, 0.25) is 0 Å². The van der Waals surface area contributed by atoms with Crippen molar-refractivity contribution in [3.05, 3.63) is 30.1 Å². The van der Waals surface area contributed by atoms with Crippen LogP contribution in [0.1, 0.15) is 33.6 Å². The quantitative estimate of drug-likeness (QED) is 0.832. The van der Waals surface area contributed by atoms with Gasteiger partial charge in [0.05, 0.1) is 0 Å². The molecule has 0 aliphatic carbocycles. The lowest BCUT2D eigenvalue weighted by atomic mass is 10.1. The molecule has 1 aliphatic heterocycles. The van der Waals surface area contributed by atoms with Crippen molar-refractivity contribution in [1.29, 1.82) is 0 Å². The van der Waals surface area contributed by atoms with E-state index in [0.717, 1.165) is 0 Å². The lowest BCUT2D eigenvalue weighted by Crippen LogP contribution is -2.50. The standard InChI is InChI=1S/C16H22FNO4/c1-15(2,3)22-14(19)13-8-9-16(20,18-13)10-21-12-6-4-11(17)5-7-12/h4-7,13,18,20H,8-10H2,1-3H3/t13-,16?/m0/s1. The van der Waals surface area contributed by atoms with Crippen LogP contribution in [0.5, 0.6) is 5.75 Å². The van der Waals surface area contributed by atoms with Crippen molar-refractivity contribution >= 4 is 5.97 Å². The van der Waals surface area contributed by atoms with Gasteiger partial charge < -0.3 is 14.6 Å². The topological polar surface area (TPSA) is 67.8 Å². The fourth-order valence-electron chi connectivity index (χ4n) is 2.25. The first-order valence-electron chi connectivity index (χ1n) is 7.28. The minimum absolute atomic E-state index is 0.0298. The first kappa shape index (κ1) is 16.7. The van der Waals surface area contributed by atoms with Gasteiger partial charge in [-0.25, -0.2) is 4.39 Å². The minimum atomic E-state index is -1.30. The van der Waals surface area contributed by atoms with E-state index >= 15 is 0 Å². The molecule has 1 aliphatic rings. The number of ether oxygens (including phenoxy) is 2. The molecular formula is C16H22FNO4. The van der Waals surface area contributed by atoms with Crippen molar-refractivity contribution in [2.45, 2.75) is 51.0 Å². The normalized spacial score (nSPS) is 25.0. The monoisotopic (exact) mass is 311 g/mol. The summed E-state index contributed by atoms with van der Waals surface area (Å²) in [5.74, 6) is -0.280. The molecule has 1 fully saturated rings. The second-order valence-electron chi connectivity index (χ2n) is 6.54. The van der Waals surface area contributed by atoms with E-state index in [-0.39, 0.29) is 18.4 Å². The molecule has 0 radical (unpaired) electrons. The fourth-order valence-corrected chi connectivity index (χ4v) is 2.25. The third-order valence-electron chi connectivity index (χ3n) is 3.27. The third kappa shape index (κ3) is 4.68. The highest BCUT2D eigenvalue weighted by Crippen LogP contribution is 2.24. The summed E-state index contributed by atoms with van der Waals surface area (Å²) in [6.45, 7) is 5.36. The van der Waals surface area contributed by atoms with Crippen LogP contribution in [0.25, 0.3) is 0 Å². The van der Waals surface area contributed by atoms with Gasteiger partial charge in [-0.15, -0.1) is 0 Å². The van der Waals surface area contributed by atoms with Crippen molar-refractivity contribution < 1.29 is 23.8 Å². The molecule has 22 heavy (non-hydrogen) atoms. The van der Waals surface area contributed by atoms with Gasteiger partial charge in [0, 0.05) is 0 Å². The molecule has 6 heteroatoms. The smallest absolute Gasteiger partial charge is 0.323 e. The van der Waals surface area contributed by atoms with Gasteiger partial charge in [0.15, 0.2) is 5.72 Å². The highest BCUT2D eigenvalue weighted by atomic mass is 19.1. The molecule has 1 unspecified atom stereocenters. The molecule has 1 aromatic carbocycles. The van der Waals surface area contributed by atoms with E-state index in [4.69, 9.17) is 9.47 Å². The lowest BCUT2D eigenvalue weighted by molar-refractivity contribution is -0.158. The fraction of sp³-hybridized carbons (Fsp3) is 0.562. The van der Waals surface area contributed by atoms with E-state index in [9.17, 15) is 14.3 Å². The predicted molar refractivity (Wildman–Crippen MR) is 78.8 cm³/mol. The maximum absolute atomic E-state index is 12.8. The van der Waals surface area contributed by atoms with Crippen LogP contribution in [0.2, 0.25) is 0 Å². The van der Waals surface area contributed by atoms with Gasteiger partial charge in [0.1, 0.15) is 29.8 Å². The van der Waals surface area contributed by atoms with E-state index < -0.39 is 17.4 Å². The van der Waals surface area contributed by atoms with Crippen molar-refractivity contribution in [2.75, 3.05) is 6.61 Å². The maximum Gasteiger partial charge on any atom is 0.323 e. The second-order valence-corrected chi connectivity index (χ2v) is 6.54. The van der Waals surface area contributed by atoms with E-state index in [1.54, 1.807) is 20.8 Å². The molecule has 1 aromatic rings. The molecule has 1 heterocycles. The number of rotatable bonds is 4. The zero-order valence-corrected chi connectivity index (χ0v) is 13.1. The van der Waals surface area contributed by atoms with Gasteiger partial charge in [-0.1, -0.05) is 0 Å². The molecule has 2 atom stereocenters. The SMILES string of the molecule is CC(C)(C)OC(=O)[C@@H]1CCC(O)(COc2ccc(F)cc2)N1. The van der Waals surface area contributed by atoms with Crippen LogP contribution in [-0.2, 0) is 9.53 Å². The Bertz CT molecular complexity index is 526. The Balaban J connectivity index is 1.87. The van der Waals surface area contributed by atoms with Crippen LogP contribution < -0.4 is 10.1 Å². The Morgan fingerprint density at radius 2 is 2.05 bits per heavy atom. The van der Waals surface area contributed by atoms with Crippen LogP contribution in [0.3, 0.4) is 0 Å². The molecule has 0 saturated carbocycles. The molecule has 2 N–H and O–H groups in total. The molecule has 0 bridgehead atoms. The van der Waals surface area contributed by atoms with Crippen LogP contribution in [0, 0.1) is 5.82 Å². The van der Waals surface area contributed by atoms with E-state index in [0.29, 0.717) is 18.6 Å². The lowest BCUT2D eigenvalue weighted by Gasteiger charge is -2.26. The Kier molecular flexibility index (Phi) is 4.72. The molecule has 0 amide bonds. The minimum Gasteiger partial charge on any atom is -0.489 e. The second kappa shape index (κ2) is 6.22. The highest BCUT2D eigenvalue weighted by molar-refractivity contribution is 5.76. The Morgan fingerprint density at radius 1 is 1.41 bits per heavy atom. The van der Waals surface area contributed by atoms with Crippen LogP contribution in [0.4, 0.5) is 4.39 Å². The average molecular weight is 311 g/mol. The summed E-state index contributed by atoms with van der Waals surface area (Å²) in [4.78, 5) is 12.0. The predicted octanol–water partition coefficient (Wildman–Crippen LogP) is 1.99. The van der Waals surface area contributed by atoms with E-state index in [2.05, 4.69) is 5.32 Å². The Labute approximate surface area is 129 Å². The van der Waals surface area contributed by atoms with Crippen molar-refractivity contribution in [3.8, 4) is 5.75 Å². The summed E-state index contributed by atoms with van der Waals surface area (Å²) in [5, 5.41) is 13.3. The number of halogens is 1. The van der Waals surface area contributed by atoms with Crippen LogP contribution in [-0.4, -0.2) is 35.1 Å². The third-order valence-corrected chi connectivity index (χ3v) is 3.27. The van der Waals surface area contributed by atoms with Crippen LogP contribution in [0.15, 0.2) is 24.3 Å². The zero-order valence-electron chi connectivity index (χ0n) is 13.1. The number of benzene rings is 1. The molecule has 1 saturated heterocycles. The summed E-state index contributed by atoms with van der Waals surface area (Å²) in [5.41, 5.74) is -1.86. The van der Waals surface area contributed by atoms with Gasteiger partial charge in [-0.05, 0) is 57.9 Å². The average Bonchev–Trinajstić information content (AvgIpc) is 2.80. The summed E-state index contributed by atoms with van der Waals surface area (Å²) in [6, 6.07) is 4.98. The number of hydrogen-bond acceptors (Lipinski definition) is 5. The van der Waals surface area contributed by atoms with Crippen molar-refractivity contribution in [3.63, 3.8) is 0 Å². The number of carbonyl (C=O) groups is 1. The van der Waals surface area contributed by atoms with Gasteiger partial charge >= 0.3 is 5.97 Å². The van der Waals surface area contributed by atoms with Crippen molar-refractivity contribution in [1.82, 2.24) is 5.32 Å². The number of aliphatic hydroxyl groups is 1. The molecule has 0 aromatic heterocycles. The molecule has 122 valence electrons. The summed E-state index contributed by atoms with van der Waals surface area (Å²) >= 11 is 0. The molecule has 2 rings (SSSR count). The van der Waals surface area contributed by atoms with Gasteiger partial charge in [0.25, 0.3) is 0 Å². The van der Waals surface area contributed by atoms with E-state index in [1.165, 1.54) is 24.3 Å². The number of hydrogen-bond donors (Lipinski definition) is 2. The van der Waals surface area contributed by atoms with Crippen molar-refractivity contribution in [2.24, 2.45) is 0 Å². The van der Waals surface area contributed by atoms with E-state index in [1.807, 2.05) is 0 Å². The zero-order chi connectivity index (χ0) is 16.4. The molecular weight excluding hydrogens is 289 g/mol. The largest absolute Gasteiger partial charge is 0.489 e. The van der Waals surface area contributed by atoms with Gasteiger partial charge in [-0.2, -0.15) is 0 Å². The van der Waals surface area contributed by atoms with Crippen LogP contribution >= 0.6 is 0 Å². The Morgan fingerprint density at radius 3 is 2.64 bits per heavy atom. The highest BCUT2D eigenvalue weighted by Gasteiger charge is 2.41. The first-order valence-corrected chi connectivity index (χ1v) is 7.28. The first-order chi connectivity index (χ1) is 10.2. The number of esters is 1. The number of nitrogens with one attached hydrogen (secondary N) is 1. The maximum atomic E-state index is 12.8. The molecule has 5 nitrogen and oxygen atoms in total. The summed E-state index contributed by atoms with van der Waals surface area (Å²) in [7, 11) is 0. The number of carbonyl (C=O) groups excluding carboxylic acids is 1. The molecule has 0 spiro atoms.